The van der Waals surface area contributed by atoms with Crippen molar-refractivity contribution in [3.8, 4) is 0 Å². The van der Waals surface area contributed by atoms with Crippen molar-refractivity contribution in [1.29, 1.82) is 0 Å². The molecule has 0 radical (unpaired) electrons. The van der Waals surface area contributed by atoms with Gasteiger partial charge in [-0.25, -0.2) is 4.79 Å². The lowest BCUT2D eigenvalue weighted by molar-refractivity contribution is -0.117. The Bertz CT molecular complexity index is 535. The summed E-state index contributed by atoms with van der Waals surface area (Å²) < 4.78 is 0. The molecule has 1 saturated heterocycles. The molecule has 22 heavy (non-hydrogen) atoms. The van der Waals surface area contributed by atoms with Crippen molar-refractivity contribution in [2.75, 3.05) is 31.1 Å². The van der Waals surface area contributed by atoms with Crippen molar-refractivity contribution < 1.29 is 14.7 Å². The van der Waals surface area contributed by atoms with Gasteiger partial charge in [-0.05, 0) is 31.2 Å². The van der Waals surface area contributed by atoms with Gasteiger partial charge in [-0.15, -0.1) is 0 Å². The minimum absolute atomic E-state index is 0.0298. The van der Waals surface area contributed by atoms with Gasteiger partial charge in [0.1, 0.15) is 0 Å². The zero-order chi connectivity index (χ0) is 16.1. The summed E-state index contributed by atoms with van der Waals surface area (Å²) >= 11 is 5.85. The molecule has 1 aliphatic rings. The van der Waals surface area contributed by atoms with Crippen molar-refractivity contribution in [2.24, 2.45) is 0 Å². The molecule has 1 heterocycles. The fourth-order valence-corrected chi connectivity index (χ4v) is 2.59. The van der Waals surface area contributed by atoms with E-state index in [2.05, 4.69) is 5.32 Å². The minimum atomic E-state index is -0.257. The molecule has 7 heteroatoms. The number of aliphatic hydroxyl groups excluding tert-OH is 1. The van der Waals surface area contributed by atoms with E-state index in [1.165, 1.54) is 4.90 Å². The zero-order valence-electron chi connectivity index (χ0n) is 12.5. The van der Waals surface area contributed by atoms with Crippen LogP contribution >= 0.6 is 11.6 Å². The maximum absolute atomic E-state index is 12.1. The number of likely N-dealkylation sites (N-methyl/N-ethyl adjacent to an activating group) is 1. The van der Waals surface area contributed by atoms with Crippen LogP contribution in [0.2, 0.25) is 5.02 Å². The molecule has 1 aromatic rings. The van der Waals surface area contributed by atoms with Crippen molar-refractivity contribution in [2.45, 2.75) is 19.4 Å². The molecule has 2 N–H and O–H groups in total. The van der Waals surface area contributed by atoms with E-state index in [0.29, 0.717) is 18.1 Å². The Labute approximate surface area is 134 Å². The number of carbonyl (C=O) groups is 2. The van der Waals surface area contributed by atoms with Crippen LogP contribution in [0, 0.1) is 0 Å². The van der Waals surface area contributed by atoms with Crippen LogP contribution < -0.4 is 10.2 Å². The standard InChI is InChI=1S/C15H20ClN3O3/c1-2-18(7-8-20)15(22)17-12-9-14(21)19(10-12)13-5-3-11(16)4-6-13/h3-6,12,20H,2,7-10H2,1H3,(H,17,22)/t12-/m1/s1. The molecule has 1 aromatic carbocycles. The number of urea groups is 1. The highest BCUT2D eigenvalue weighted by Gasteiger charge is 2.32. The first-order chi connectivity index (χ1) is 10.5. The van der Waals surface area contributed by atoms with Crippen LogP contribution in [0.4, 0.5) is 10.5 Å². The number of amides is 3. The number of carbonyl (C=O) groups excluding carboxylic acids is 2. The highest BCUT2D eigenvalue weighted by molar-refractivity contribution is 6.30. The predicted octanol–water partition coefficient (Wildman–Crippen LogP) is 1.47. The molecular weight excluding hydrogens is 306 g/mol. The molecule has 6 nitrogen and oxygen atoms in total. The van der Waals surface area contributed by atoms with Crippen LogP contribution in [0.3, 0.4) is 0 Å². The Morgan fingerprint density at radius 1 is 1.45 bits per heavy atom. The summed E-state index contributed by atoms with van der Waals surface area (Å²) in [6.07, 6.45) is 0.269. The van der Waals surface area contributed by atoms with Crippen molar-refractivity contribution in [3.63, 3.8) is 0 Å². The van der Waals surface area contributed by atoms with E-state index in [0.717, 1.165) is 5.69 Å². The fourth-order valence-electron chi connectivity index (χ4n) is 2.46. The van der Waals surface area contributed by atoms with Crippen LogP contribution in [0.5, 0.6) is 0 Å². The molecule has 3 amide bonds. The Morgan fingerprint density at radius 3 is 2.73 bits per heavy atom. The van der Waals surface area contributed by atoms with Crippen molar-refractivity contribution in [1.82, 2.24) is 10.2 Å². The number of aliphatic hydroxyl groups is 1. The summed E-state index contributed by atoms with van der Waals surface area (Å²) in [5.74, 6) is -0.0298. The Hall–Kier alpha value is -1.79. The van der Waals surface area contributed by atoms with Gasteiger partial charge in [-0.1, -0.05) is 11.6 Å². The van der Waals surface area contributed by atoms with Gasteiger partial charge >= 0.3 is 6.03 Å². The van der Waals surface area contributed by atoms with Crippen molar-refractivity contribution in [3.05, 3.63) is 29.3 Å². The molecule has 0 aliphatic carbocycles. The Morgan fingerprint density at radius 2 is 2.14 bits per heavy atom. The van der Waals surface area contributed by atoms with Gasteiger partial charge in [0.05, 0.1) is 12.6 Å². The summed E-state index contributed by atoms with van der Waals surface area (Å²) in [7, 11) is 0. The van der Waals surface area contributed by atoms with Gasteiger partial charge in [0.25, 0.3) is 0 Å². The summed E-state index contributed by atoms with van der Waals surface area (Å²) in [5, 5.41) is 12.4. The highest BCUT2D eigenvalue weighted by Crippen LogP contribution is 2.23. The second-order valence-corrected chi connectivity index (χ2v) is 5.57. The predicted molar refractivity (Wildman–Crippen MR) is 85.1 cm³/mol. The molecule has 0 spiro atoms. The molecule has 1 atom stereocenters. The van der Waals surface area contributed by atoms with E-state index in [1.807, 2.05) is 6.92 Å². The zero-order valence-corrected chi connectivity index (χ0v) is 13.2. The third-order valence-corrected chi connectivity index (χ3v) is 3.88. The number of halogens is 1. The average molecular weight is 326 g/mol. The van der Waals surface area contributed by atoms with Gasteiger partial charge in [0, 0.05) is 36.8 Å². The molecule has 0 bridgehead atoms. The monoisotopic (exact) mass is 325 g/mol. The van der Waals surface area contributed by atoms with Crippen LogP contribution in [-0.2, 0) is 4.79 Å². The first-order valence-electron chi connectivity index (χ1n) is 7.27. The fraction of sp³-hybridized carbons (Fsp3) is 0.467. The summed E-state index contributed by atoms with van der Waals surface area (Å²) in [4.78, 5) is 27.3. The summed E-state index contributed by atoms with van der Waals surface area (Å²) in [6.45, 7) is 2.98. The SMILES string of the molecule is CCN(CCO)C(=O)N[C@@H]1CC(=O)N(c2ccc(Cl)cc2)C1. The molecule has 120 valence electrons. The second kappa shape index (κ2) is 7.47. The van der Waals surface area contributed by atoms with E-state index in [-0.39, 0.29) is 37.6 Å². The summed E-state index contributed by atoms with van der Waals surface area (Å²) in [6, 6.07) is 6.55. The van der Waals surface area contributed by atoms with Gasteiger partial charge in [-0.2, -0.15) is 0 Å². The number of nitrogens with one attached hydrogen (secondary N) is 1. The topological polar surface area (TPSA) is 72.9 Å². The molecule has 1 fully saturated rings. The third kappa shape index (κ3) is 3.90. The lowest BCUT2D eigenvalue weighted by atomic mass is 10.2. The van der Waals surface area contributed by atoms with Gasteiger partial charge in [0.2, 0.25) is 5.91 Å². The quantitative estimate of drug-likeness (QED) is 0.861. The van der Waals surface area contributed by atoms with E-state index in [4.69, 9.17) is 16.7 Å². The largest absolute Gasteiger partial charge is 0.395 e. The van der Waals surface area contributed by atoms with Crippen LogP contribution in [0.25, 0.3) is 0 Å². The number of benzene rings is 1. The molecule has 0 saturated carbocycles. The smallest absolute Gasteiger partial charge is 0.317 e. The molecule has 0 unspecified atom stereocenters. The maximum atomic E-state index is 12.1. The van der Waals surface area contributed by atoms with Crippen LogP contribution in [-0.4, -0.2) is 54.2 Å². The molecular formula is C15H20ClN3O3. The number of hydrogen-bond donors (Lipinski definition) is 2. The van der Waals surface area contributed by atoms with Gasteiger partial charge < -0.3 is 20.2 Å². The lowest BCUT2D eigenvalue weighted by Crippen LogP contribution is -2.46. The number of rotatable bonds is 5. The van der Waals surface area contributed by atoms with Crippen molar-refractivity contribution >= 4 is 29.2 Å². The summed E-state index contributed by atoms with van der Waals surface area (Å²) in [5.41, 5.74) is 0.772. The molecule has 0 aromatic heterocycles. The van der Waals surface area contributed by atoms with E-state index in [9.17, 15) is 9.59 Å². The molecule has 1 aliphatic heterocycles. The number of nitrogens with zero attached hydrogens (tertiary/aromatic N) is 2. The first-order valence-corrected chi connectivity index (χ1v) is 7.65. The highest BCUT2D eigenvalue weighted by atomic mass is 35.5. The maximum Gasteiger partial charge on any atom is 0.317 e. The second-order valence-electron chi connectivity index (χ2n) is 5.13. The number of anilines is 1. The normalized spacial score (nSPS) is 17.7. The first kappa shape index (κ1) is 16.6. The lowest BCUT2D eigenvalue weighted by Gasteiger charge is -2.23. The van der Waals surface area contributed by atoms with Crippen LogP contribution in [0.1, 0.15) is 13.3 Å². The van der Waals surface area contributed by atoms with E-state index >= 15 is 0 Å². The van der Waals surface area contributed by atoms with Gasteiger partial charge in [0.15, 0.2) is 0 Å². The van der Waals surface area contributed by atoms with Crippen LogP contribution in [0.15, 0.2) is 24.3 Å². The minimum Gasteiger partial charge on any atom is -0.395 e. The number of hydrogen-bond acceptors (Lipinski definition) is 3. The molecule has 2 rings (SSSR count). The Balaban J connectivity index is 1.97. The third-order valence-electron chi connectivity index (χ3n) is 3.63. The average Bonchev–Trinajstić information content (AvgIpc) is 2.86. The van der Waals surface area contributed by atoms with Gasteiger partial charge in [-0.3, -0.25) is 4.79 Å². The van der Waals surface area contributed by atoms with E-state index < -0.39 is 0 Å². The Kier molecular flexibility index (Phi) is 5.63. The van der Waals surface area contributed by atoms with E-state index in [1.54, 1.807) is 29.2 Å².